The number of benzene rings is 3. The Morgan fingerprint density at radius 2 is 1.63 bits per heavy atom. The summed E-state index contributed by atoms with van der Waals surface area (Å²) in [6.07, 6.45) is 5.51. The minimum absolute atomic E-state index is 0.565. The molecule has 0 aliphatic rings. The van der Waals surface area contributed by atoms with Crippen LogP contribution in [-0.4, -0.2) is 49.3 Å². The van der Waals surface area contributed by atoms with Crippen LogP contribution in [0.1, 0.15) is 53.6 Å². The average Bonchev–Trinajstić information content (AvgIpc) is 2.92. The molecule has 0 bridgehead atoms. The Kier molecular flexibility index (Phi) is 10.1. The van der Waals surface area contributed by atoms with Gasteiger partial charge >= 0.3 is 0 Å². The number of unbranched alkanes of at least 4 members (excludes halogenated alkanes) is 2. The van der Waals surface area contributed by atoms with E-state index in [0.29, 0.717) is 6.42 Å². The second kappa shape index (κ2) is 13.5. The Labute approximate surface area is 235 Å². The van der Waals surface area contributed by atoms with E-state index in [-0.39, 0.29) is 0 Å². The number of fused-ring (bicyclic) bond motifs is 1. The summed E-state index contributed by atoms with van der Waals surface area (Å²) in [5.41, 5.74) is 5.08. The molecule has 1 heterocycles. The molecule has 0 radical (unpaired) electrons. The zero-order chi connectivity index (χ0) is 27.0. The van der Waals surface area contributed by atoms with Crippen LogP contribution in [0.5, 0.6) is 0 Å². The highest BCUT2D eigenvalue weighted by molar-refractivity contribution is 9.10. The van der Waals surface area contributed by atoms with E-state index in [1.165, 1.54) is 11.1 Å². The Bertz CT molecular complexity index is 1310. The fraction of sp³-hybridized carbons (Fsp3) is 0.364. The van der Waals surface area contributed by atoms with Gasteiger partial charge in [-0.05, 0) is 81.1 Å². The molecule has 200 valence electrons. The summed E-state index contributed by atoms with van der Waals surface area (Å²) in [4.78, 5) is 7.44. The fourth-order valence-corrected chi connectivity index (χ4v) is 5.56. The lowest BCUT2D eigenvalue weighted by atomic mass is 9.82. The maximum Gasteiger partial charge on any atom is 0.118 e. The van der Waals surface area contributed by atoms with Gasteiger partial charge in [-0.25, -0.2) is 0 Å². The molecule has 0 spiro atoms. The molecular weight excluding hydrogens is 536 g/mol. The number of ether oxygens (including phenoxy) is 1. The summed E-state index contributed by atoms with van der Waals surface area (Å²) in [6, 6.07) is 27.1. The number of hydrogen-bond acceptors (Lipinski definition) is 4. The van der Waals surface area contributed by atoms with Crippen molar-refractivity contribution in [1.82, 2.24) is 9.88 Å². The zero-order valence-corrected chi connectivity index (χ0v) is 24.4. The Morgan fingerprint density at radius 3 is 2.32 bits per heavy atom. The molecule has 3 aromatic carbocycles. The molecule has 4 nitrogen and oxygen atoms in total. The van der Waals surface area contributed by atoms with Gasteiger partial charge in [-0.3, -0.25) is 4.98 Å². The third kappa shape index (κ3) is 7.09. The first-order valence-corrected chi connectivity index (χ1v) is 14.3. The lowest BCUT2D eigenvalue weighted by molar-refractivity contribution is 0.0641. The van der Waals surface area contributed by atoms with Crippen molar-refractivity contribution in [2.24, 2.45) is 0 Å². The predicted molar refractivity (Wildman–Crippen MR) is 161 cm³/mol. The lowest BCUT2D eigenvalue weighted by Crippen LogP contribution is -2.32. The van der Waals surface area contributed by atoms with Gasteiger partial charge in [0.15, 0.2) is 0 Å². The number of halogens is 1. The zero-order valence-electron chi connectivity index (χ0n) is 22.8. The maximum absolute atomic E-state index is 12.4. The molecular formula is C33H39BrN2O2. The average molecular weight is 576 g/mol. The molecule has 0 aliphatic carbocycles. The van der Waals surface area contributed by atoms with Crippen LogP contribution in [0.3, 0.4) is 0 Å². The van der Waals surface area contributed by atoms with Crippen molar-refractivity contribution >= 4 is 26.8 Å². The van der Waals surface area contributed by atoms with E-state index in [4.69, 9.17) is 9.72 Å². The first-order chi connectivity index (χ1) is 18.4. The summed E-state index contributed by atoms with van der Waals surface area (Å²) >= 11 is 3.74. The number of aromatic nitrogens is 1. The topological polar surface area (TPSA) is 45.6 Å². The minimum Gasteiger partial charge on any atom is -0.385 e. The molecule has 0 saturated carbocycles. The molecule has 38 heavy (non-hydrogen) atoms. The van der Waals surface area contributed by atoms with Gasteiger partial charge < -0.3 is 14.7 Å². The quantitative estimate of drug-likeness (QED) is 0.172. The Morgan fingerprint density at radius 1 is 0.921 bits per heavy atom. The summed E-state index contributed by atoms with van der Waals surface area (Å²) in [5, 5.41) is 13.4. The summed E-state index contributed by atoms with van der Waals surface area (Å²) in [7, 11) is 5.84. The molecule has 1 N–H and O–H groups in total. The number of nitrogens with zero attached hydrogens (tertiary/aromatic N) is 2. The molecule has 0 saturated heterocycles. The molecule has 0 amide bonds. The van der Waals surface area contributed by atoms with Crippen molar-refractivity contribution in [3.8, 4) is 0 Å². The molecule has 4 rings (SSSR count). The third-order valence-corrected chi connectivity index (χ3v) is 7.63. The summed E-state index contributed by atoms with van der Waals surface area (Å²) in [5.74, 6) is 0. The lowest BCUT2D eigenvalue weighted by Gasteiger charge is -2.32. The predicted octanol–water partition coefficient (Wildman–Crippen LogP) is 7.13. The normalized spacial score (nSPS) is 13.2. The molecule has 4 aromatic rings. The summed E-state index contributed by atoms with van der Waals surface area (Å²) < 4.78 is 6.19. The molecule has 1 atom stereocenters. The highest BCUT2D eigenvalue weighted by Gasteiger charge is 2.34. The van der Waals surface area contributed by atoms with Gasteiger partial charge in [0.1, 0.15) is 5.60 Å². The van der Waals surface area contributed by atoms with Crippen LogP contribution in [0.4, 0.5) is 0 Å². The third-order valence-electron chi connectivity index (χ3n) is 7.17. The highest BCUT2D eigenvalue weighted by Crippen LogP contribution is 2.39. The van der Waals surface area contributed by atoms with Gasteiger partial charge in [-0.15, -0.1) is 0 Å². The van der Waals surface area contributed by atoms with E-state index in [9.17, 15) is 5.11 Å². The smallest absolute Gasteiger partial charge is 0.118 e. The number of pyridine rings is 1. The van der Waals surface area contributed by atoms with Crippen LogP contribution in [0.25, 0.3) is 10.9 Å². The second-order valence-corrected chi connectivity index (χ2v) is 11.3. The monoisotopic (exact) mass is 574 g/mol. The molecule has 0 fully saturated rings. The van der Waals surface area contributed by atoms with E-state index >= 15 is 0 Å². The highest BCUT2D eigenvalue weighted by atomic mass is 79.9. The molecule has 5 heteroatoms. The van der Waals surface area contributed by atoms with Crippen LogP contribution >= 0.6 is 15.9 Å². The van der Waals surface area contributed by atoms with E-state index < -0.39 is 5.60 Å². The standard InChI is InChI=1S/C33H39BrN2O2/c1-36(2)19-18-33(37,28-15-9-5-10-16-28)30-24-29(34)23-27-22-26(21-25-13-7-4-8-14-25)31(35-32(27)30)17-11-6-12-20-38-3/h4-5,7-10,13-16,22-24,37H,6,11-12,17-21H2,1-3H3. The van der Waals surface area contributed by atoms with Crippen molar-refractivity contribution in [1.29, 1.82) is 0 Å². The van der Waals surface area contributed by atoms with Gasteiger partial charge in [0.25, 0.3) is 0 Å². The Balaban J connectivity index is 1.84. The first-order valence-electron chi connectivity index (χ1n) is 13.5. The van der Waals surface area contributed by atoms with Gasteiger partial charge in [0, 0.05) is 41.4 Å². The largest absolute Gasteiger partial charge is 0.385 e. The van der Waals surface area contributed by atoms with E-state index in [1.807, 2.05) is 44.4 Å². The second-order valence-electron chi connectivity index (χ2n) is 10.4. The van der Waals surface area contributed by atoms with Gasteiger partial charge in [-0.1, -0.05) is 83.0 Å². The SMILES string of the molecule is COCCCCCc1nc2c(C(O)(CCN(C)C)c3ccccc3)cc(Br)cc2cc1Cc1ccccc1. The van der Waals surface area contributed by atoms with Crippen LogP contribution in [-0.2, 0) is 23.2 Å². The van der Waals surface area contributed by atoms with Crippen LogP contribution in [0, 0.1) is 0 Å². The van der Waals surface area contributed by atoms with Crippen molar-refractivity contribution in [2.75, 3.05) is 34.4 Å². The fourth-order valence-electron chi connectivity index (χ4n) is 5.08. The van der Waals surface area contributed by atoms with Crippen molar-refractivity contribution in [3.05, 3.63) is 111 Å². The maximum atomic E-state index is 12.4. The number of hydrogen-bond donors (Lipinski definition) is 1. The van der Waals surface area contributed by atoms with Crippen LogP contribution in [0.2, 0.25) is 0 Å². The van der Waals surface area contributed by atoms with Gasteiger partial charge in [-0.2, -0.15) is 0 Å². The number of methoxy groups -OCH3 is 1. The van der Waals surface area contributed by atoms with Gasteiger partial charge in [0.05, 0.1) is 5.52 Å². The number of rotatable bonds is 13. The molecule has 1 aromatic heterocycles. The van der Waals surface area contributed by atoms with Crippen molar-refractivity contribution in [3.63, 3.8) is 0 Å². The Hall–Kier alpha value is -2.57. The minimum atomic E-state index is -1.17. The first kappa shape index (κ1) is 28.4. The number of aliphatic hydroxyl groups is 1. The van der Waals surface area contributed by atoms with Crippen molar-refractivity contribution in [2.45, 2.75) is 44.1 Å². The van der Waals surface area contributed by atoms with E-state index in [1.54, 1.807) is 7.11 Å². The molecule has 1 unspecified atom stereocenters. The van der Waals surface area contributed by atoms with Crippen LogP contribution in [0.15, 0.2) is 83.3 Å². The van der Waals surface area contributed by atoms with Gasteiger partial charge in [0.2, 0.25) is 0 Å². The molecule has 0 aliphatic heterocycles. The van der Waals surface area contributed by atoms with Crippen molar-refractivity contribution < 1.29 is 9.84 Å². The summed E-state index contributed by atoms with van der Waals surface area (Å²) in [6.45, 7) is 1.54. The number of aryl methyl sites for hydroxylation is 1. The van der Waals surface area contributed by atoms with Crippen LogP contribution < -0.4 is 0 Å². The van der Waals surface area contributed by atoms with E-state index in [0.717, 1.165) is 77.5 Å². The van der Waals surface area contributed by atoms with E-state index in [2.05, 4.69) is 69.4 Å².